The van der Waals surface area contributed by atoms with E-state index in [0.29, 0.717) is 31.8 Å². The van der Waals surface area contributed by atoms with Gasteiger partial charge in [0.2, 0.25) is 5.91 Å². The van der Waals surface area contributed by atoms with E-state index in [1.807, 2.05) is 18.2 Å². The fourth-order valence-electron chi connectivity index (χ4n) is 1.60. The summed E-state index contributed by atoms with van der Waals surface area (Å²) in [4.78, 5) is 13.6. The average molecular weight is 273 g/mol. The number of benzene rings is 1. The summed E-state index contributed by atoms with van der Waals surface area (Å²) >= 11 is 0. The third kappa shape index (κ3) is 5.55. The number of nitriles is 1. The van der Waals surface area contributed by atoms with Crippen LogP contribution >= 0.6 is 0 Å². The van der Waals surface area contributed by atoms with Crippen LogP contribution in [0.3, 0.4) is 0 Å². The molecule has 5 heteroatoms. The Morgan fingerprint density at radius 1 is 1.40 bits per heavy atom. The van der Waals surface area contributed by atoms with Crippen LogP contribution in [0.4, 0.5) is 5.69 Å². The number of hydrogen-bond donors (Lipinski definition) is 1. The van der Waals surface area contributed by atoms with Crippen LogP contribution in [-0.2, 0) is 9.53 Å². The first kappa shape index (κ1) is 15.7. The van der Waals surface area contributed by atoms with Gasteiger partial charge in [-0.05, 0) is 23.8 Å². The third-order valence-electron chi connectivity index (χ3n) is 2.73. The Morgan fingerprint density at radius 2 is 2.10 bits per heavy atom. The number of nitrogens with two attached hydrogens (primary N) is 1. The molecular weight excluding hydrogens is 254 g/mol. The molecule has 1 amide bonds. The molecule has 0 saturated carbocycles. The second kappa shape index (κ2) is 8.73. The van der Waals surface area contributed by atoms with Crippen LogP contribution in [-0.4, -0.2) is 37.6 Å². The molecule has 0 aliphatic heterocycles. The molecule has 0 unspecified atom stereocenters. The van der Waals surface area contributed by atoms with Gasteiger partial charge in [0.25, 0.3) is 0 Å². The molecular formula is C15H19N3O2. The Bertz CT molecular complexity index is 489. The van der Waals surface area contributed by atoms with Crippen molar-refractivity contribution in [3.05, 3.63) is 35.9 Å². The summed E-state index contributed by atoms with van der Waals surface area (Å²) in [7, 11) is 1.58. The van der Waals surface area contributed by atoms with Crippen LogP contribution in [0.1, 0.15) is 12.0 Å². The number of amides is 1. The molecule has 0 saturated heterocycles. The standard InChI is InChI=1S/C15H19N3O2/c1-20-12-11-18(10-2-9-16)15(19)8-5-13-3-6-14(17)7-4-13/h3-8H,2,10-12,17H2,1H3/b8-5+. The van der Waals surface area contributed by atoms with E-state index >= 15 is 0 Å². The average Bonchev–Trinajstić information content (AvgIpc) is 2.46. The molecule has 1 rings (SSSR count). The van der Waals surface area contributed by atoms with Crippen molar-refractivity contribution in [3.8, 4) is 6.07 Å². The second-order valence-electron chi connectivity index (χ2n) is 4.23. The monoisotopic (exact) mass is 273 g/mol. The van der Waals surface area contributed by atoms with E-state index in [0.717, 1.165) is 5.56 Å². The summed E-state index contributed by atoms with van der Waals surface area (Å²) < 4.78 is 4.96. The van der Waals surface area contributed by atoms with Gasteiger partial charge >= 0.3 is 0 Å². The second-order valence-corrected chi connectivity index (χ2v) is 4.23. The number of hydrogen-bond acceptors (Lipinski definition) is 4. The predicted octanol–water partition coefficient (Wildman–Crippen LogP) is 1.67. The van der Waals surface area contributed by atoms with Gasteiger partial charge in [-0.1, -0.05) is 12.1 Å². The summed E-state index contributed by atoms with van der Waals surface area (Å²) in [6.45, 7) is 1.33. The highest BCUT2D eigenvalue weighted by Crippen LogP contribution is 2.07. The number of rotatable bonds is 7. The fraction of sp³-hybridized carbons (Fsp3) is 0.333. The normalized spacial score (nSPS) is 10.4. The first-order valence-corrected chi connectivity index (χ1v) is 6.35. The lowest BCUT2D eigenvalue weighted by Gasteiger charge is -2.19. The zero-order valence-electron chi connectivity index (χ0n) is 11.6. The smallest absolute Gasteiger partial charge is 0.246 e. The van der Waals surface area contributed by atoms with E-state index in [2.05, 4.69) is 0 Å². The van der Waals surface area contributed by atoms with Gasteiger partial charge in [0.05, 0.1) is 19.1 Å². The summed E-state index contributed by atoms with van der Waals surface area (Å²) in [6, 6.07) is 9.28. The minimum absolute atomic E-state index is 0.130. The molecule has 20 heavy (non-hydrogen) atoms. The molecule has 0 atom stereocenters. The lowest BCUT2D eigenvalue weighted by molar-refractivity contribution is -0.126. The minimum Gasteiger partial charge on any atom is -0.399 e. The molecule has 0 aliphatic carbocycles. The van der Waals surface area contributed by atoms with Gasteiger partial charge in [-0.25, -0.2) is 0 Å². The lowest BCUT2D eigenvalue weighted by Crippen LogP contribution is -2.33. The van der Waals surface area contributed by atoms with Crippen LogP contribution in [0.5, 0.6) is 0 Å². The topological polar surface area (TPSA) is 79.3 Å². The van der Waals surface area contributed by atoms with Gasteiger partial charge in [-0.3, -0.25) is 4.79 Å². The van der Waals surface area contributed by atoms with E-state index in [1.54, 1.807) is 30.2 Å². The highest BCUT2D eigenvalue weighted by Gasteiger charge is 2.09. The van der Waals surface area contributed by atoms with Crippen molar-refractivity contribution < 1.29 is 9.53 Å². The molecule has 0 aliphatic rings. The molecule has 5 nitrogen and oxygen atoms in total. The van der Waals surface area contributed by atoms with Crippen LogP contribution < -0.4 is 5.73 Å². The summed E-state index contributed by atoms with van der Waals surface area (Å²) in [5.41, 5.74) is 7.18. The number of nitrogen functional groups attached to an aromatic ring is 1. The molecule has 0 fully saturated rings. The van der Waals surface area contributed by atoms with Gasteiger partial charge < -0.3 is 15.4 Å². The van der Waals surface area contributed by atoms with Gasteiger partial charge in [0, 0.05) is 32.0 Å². The quantitative estimate of drug-likeness (QED) is 0.605. The fourth-order valence-corrected chi connectivity index (χ4v) is 1.60. The molecule has 0 spiro atoms. The Morgan fingerprint density at radius 3 is 2.70 bits per heavy atom. The Hall–Kier alpha value is -2.32. The highest BCUT2D eigenvalue weighted by atomic mass is 16.5. The van der Waals surface area contributed by atoms with Crippen LogP contribution in [0.25, 0.3) is 6.08 Å². The van der Waals surface area contributed by atoms with Crippen LogP contribution in [0.2, 0.25) is 0 Å². The number of carbonyl (C=O) groups is 1. The number of ether oxygens (including phenoxy) is 1. The summed E-state index contributed by atoms with van der Waals surface area (Å²) in [6.07, 6.45) is 3.54. The first-order valence-electron chi connectivity index (χ1n) is 6.35. The Balaban J connectivity index is 2.64. The van der Waals surface area contributed by atoms with E-state index in [9.17, 15) is 4.79 Å². The Kier molecular flexibility index (Phi) is 6.87. The highest BCUT2D eigenvalue weighted by molar-refractivity contribution is 5.91. The molecule has 2 N–H and O–H groups in total. The van der Waals surface area contributed by atoms with Crippen LogP contribution in [0, 0.1) is 11.3 Å². The SMILES string of the molecule is COCCN(CCC#N)C(=O)/C=C/c1ccc(N)cc1. The van der Waals surface area contributed by atoms with Crippen molar-refractivity contribution in [2.45, 2.75) is 6.42 Å². The van der Waals surface area contributed by atoms with Crippen molar-refractivity contribution in [1.82, 2.24) is 4.90 Å². The van der Waals surface area contributed by atoms with Gasteiger partial charge in [-0.15, -0.1) is 0 Å². The molecule has 0 aromatic heterocycles. The Labute approximate surface area is 119 Å². The van der Waals surface area contributed by atoms with E-state index in [4.69, 9.17) is 15.7 Å². The van der Waals surface area contributed by atoms with Gasteiger partial charge in [-0.2, -0.15) is 5.26 Å². The number of anilines is 1. The maximum atomic E-state index is 12.0. The van der Waals surface area contributed by atoms with Crippen molar-refractivity contribution in [2.24, 2.45) is 0 Å². The molecule has 106 valence electrons. The molecule has 1 aromatic carbocycles. The van der Waals surface area contributed by atoms with E-state index < -0.39 is 0 Å². The van der Waals surface area contributed by atoms with Crippen LogP contribution in [0.15, 0.2) is 30.3 Å². The lowest BCUT2D eigenvalue weighted by atomic mass is 10.2. The molecule has 0 heterocycles. The molecule has 1 aromatic rings. The van der Waals surface area contributed by atoms with Crippen molar-refractivity contribution in [1.29, 1.82) is 5.26 Å². The maximum absolute atomic E-state index is 12.0. The summed E-state index contributed by atoms with van der Waals surface area (Å²) in [5, 5.41) is 8.61. The minimum atomic E-state index is -0.130. The third-order valence-corrected chi connectivity index (χ3v) is 2.73. The van der Waals surface area contributed by atoms with Crippen molar-refractivity contribution >= 4 is 17.7 Å². The predicted molar refractivity (Wildman–Crippen MR) is 78.6 cm³/mol. The first-order chi connectivity index (χ1) is 9.67. The number of carbonyl (C=O) groups excluding carboxylic acids is 1. The van der Waals surface area contributed by atoms with E-state index in [1.165, 1.54) is 6.08 Å². The maximum Gasteiger partial charge on any atom is 0.246 e. The molecule has 0 bridgehead atoms. The zero-order valence-corrected chi connectivity index (χ0v) is 11.6. The van der Waals surface area contributed by atoms with Crippen molar-refractivity contribution in [3.63, 3.8) is 0 Å². The van der Waals surface area contributed by atoms with E-state index in [-0.39, 0.29) is 5.91 Å². The molecule has 0 radical (unpaired) electrons. The van der Waals surface area contributed by atoms with Gasteiger partial charge in [0.1, 0.15) is 0 Å². The number of methoxy groups -OCH3 is 1. The summed E-state index contributed by atoms with van der Waals surface area (Å²) in [5.74, 6) is -0.130. The largest absolute Gasteiger partial charge is 0.399 e. The number of nitrogens with zero attached hydrogens (tertiary/aromatic N) is 2. The van der Waals surface area contributed by atoms with Gasteiger partial charge in [0.15, 0.2) is 0 Å². The zero-order chi connectivity index (χ0) is 14.8. The van der Waals surface area contributed by atoms with Crippen molar-refractivity contribution in [2.75, 3.05) is 32.5 Å².